The van der Waals surface area contributed by atoms with Gasteiger partial charge in [0.05, 0.1) is 12.2 Å². The van der Waals surface area contributed by atoms with Crippen LogP contribution in [0.4, 0.5) is 5.82 Å². The van der Waals surface area contributed by atoms with Crippen molar-refractivity contribution in [1.82, 2.24) is 15.3 Å². The molecule has 0 unspecified atom stereocenters. The van der Waals surface area contributed by atoms with Crippen LogP contribution in [0, 0.1) is 0 Å². The number of hydrogen-bond acceptors (Lipinski definition) is 4. The van der Waals surface area contributed by atoms with Crippen molar-refractivity contribution in [3.63, 3.8) is 0 Å². The number of pyridine rings is 2. The lowest BCUT2D eigenvalue weighted by Gasteiger charge is -2.13. The second kappa shape index (κ2) is 6.34. The fourth-order valence-electron chi connectivity index (χ4n) is 1.62. The molecule has 0 aromatic carbocycles. The van der Waals surface area contributed by atoms with Gasteiger partial charge in [-0.25, -0.2) is 4.98 Å². The van der Waals surface area contributed by atoms with Gasteiger partial charge in [0, 0.05) is 25.9 Å². The summed E-state index contributed by atoms with van der Waals surface area (Å²) in [6.07, 6.45) is 1.69. The standard InChI is InChI=1S/C14H15ClN4O/c1-19(2)13-8-10(7-12(15)18-13)14(20)17-9-11-5-3-4-6-16-11/h3-8H,9H2,1-2H3,(H,17,20). The molecular formula is C14H15ClN4O. The molecule has 0 saturated carbocycles. The van der Waals surface area contributed by atoms with Gasteiger partial charge >= 0.3 is 0 Å². The number of carbonyl (C=O) groups excluding carboxylic acids is 1. The van der Waals surface area contributed by atoms with Gasteiger partial charge in [-0.1, -0.05) is 17.7 Å². The van der Waals surface area contributed by atoms with Gasteiger partial charge in [0.25, 0.3) is 5.91 Å². The highest BCUT2D eigenvalue weighted by Gasteiger charge is 2.10. The first-order valence-corrected chi connectivity index (χ1v) is 6.47. The summed E-state index contributed by atoms with van der Waals surface area (Å²) in [5, 5.41) is 3.09. The van der Waals surface area contributed by atoms with Crippen molar-refractivity contribution in [2.24, 2.45) is 0 Å². The van der Waals surface area contributed by atoms with Crippen LogP contribution in [-0.2, 0) is 6.54 Å². The van der Waals surface area contributed by atoms with Gasteiger partial charge in [0.15, 0.2) is 0 Å². The number of aromatic nitrogens is 2. The molecule has 2 heterocycles. The SMILES string of the molecule is CN(C)c1cc(C(=O)NCc2ccccn2)cc(Cl)n1. The monoisotopic (exact) mass is 290 g/mol. The Labute approximate surface area is 122 Å². The van der Waals surface area contributed by atoms with E-state index in [1.807, 2.05) is 32.3 Å². The van der Waals surface area contributed by atoms with Crippen molar-refractivity contribution in [3.8, 4) is 0 Å². The normalized spacial score (nSPS) is 10.2. The third kappa shape index (κ3) is 3.68. The van der Waals surface area contributed by atoms with Crippen LogP contribution in [0.5, 0.6) is 0 Å². The first kappa shape index (κ1) is 14.3. The summed E-state index contributed by atoms with van der Waals surface area (Å²) >= 11 is 5.93. The van der Waals surface area contributed by atoms with Crippen LogP contribution in [0.25, 0.3) is 0 Å². The van der Waals surface area contributed by atoms with Gasteiger partial charge in [-0.05, 0) is 24.3 Å². The molecule has 0 radical (unpaired) electrons. The Morgan fingerprint density at radius 2 is 2.15 bits per heavy atom. The molecule has 0 saturated heterocycles. The van der Waals surface area contributed by atoms with Crippen LogP contribution >= 0.6 is 11.6 Å². The van der Waals surface area contributed by atoms with E-state index < -0.39 is 0 Å². The molecule has 2 rings (SSSR count). The number of nitrogens with one attached hydrogen (secondary N) is 1. The molecule has 0 fully saturated rings. The number of rotatable bonds is 4. The van der Waals surface area contributed by atoms with Crippen molar-refractivity contribution < 1.29 is 4.79 Å². The minimum atomic E-state index is -0.206. The molecule has 0 aliphatic heterocycles. The van der Waals surface area contributed by atoms with E-state index in [0.717, 1.165) is 5.69 Å². The molecule has 104 valence electrons. The Balaban J connectivity index is 2.09. The molecule has 0 spiro atoms. The molecule has 0 bridgehead atoms. The van der Waals surface area contributed by atoms with E-state index in [0.29, 0.717) is 23.1 Å². The Hall–Kier alpha value is -2.14. The highest BCUT2D eigenvalue weighted by Crippen LogP contribution is 2.16. The molecule has 2 aromatic heterocycles. The molecular weight excluding hydrogens is 276 g/mol. The van der Waals surface area contributed by atoms with Crippen molar-refractivity contribution in [2.75, 3.05) is 19.0 Å². The number of anilines is 1. The van der Waals surface area contributed by atoms with Crippen molar-refractivity contribution in [2.45, 2.75) is 6.54 Å². The molecule has 0 atom stereocenters. The molecule has 1 amide bonds. The van der Waals surface area contributed by atoms with E-state index in [9.17, 15) is 4.79 Å². The van der Waals surface area contributed by atoms with Gasteiger partial charge < -0.3 is 10.2 Å². The predicted molar refractivity (Wildman–Crippen MR) is 79.0 cm³/mol. The zero-order chi connectivity index (χ0) is 14.5. The first-order chi connectivity index (χ1) is 9.56. The average Bonchev–Trinajstić information content (AvgIpc) is 2.45. The Morgan fingerprint density at radius 3 is 2.80 bits per heavy atom. The van der Waals surface area contributed by atoms with Crippen LogP contribution in [0.1, 0.15) is 16.1 Å². The second-order valence-corrected chi connectivity index (χ2v) is 4.82. The first-order valence-electron chi connectivity index (χ1n) is 6.09. The van der Waals surface area contributed by atoms with Gasteiger partial charge in [-0.15, -0.1) is 0 Å². The van der Waals surface area contributed by atoms with Gasteiger partial charge in [0.2, 0.25) is 0 Å². The average molecular weight is 291 g/mol. The van der Waals surface area contributed by atoms with Crippen molar-refractivity contribution in [3.05, 3.63) is 52.9 Å². The zero-order valence-electron chi connectivity index (χ0n) is 11.3. The van der Waals surface area contributed by atoms with E-state index in [1.54, 1.807) is 23.2 Å². The highest BCUT2D eigenvalue weighted by atomic mass is 35.5. The quantitative estimate of drug-likeness (QED) is 0.877. The summed E-state index contributed by atoms with van der Waals surface area (Å²) in [7, 11) is 3.68. The third-order valence-corrected chi connectivity index (χ3v) is 2.85. The minimum Gasteiger partial charge on any atom is -0.363 e. The van der Waals surface area contributed by atoms with Crippen LogP contribution < -0.4 is 10.2 Å². The van der Waals surface area contributed by atoms with Crippen LogP contribution in [0.2, 0.25) is 5.15 Å². The summed E-state index contributed by atoms with van der Waals surface area (Å²) in [5.41, 5.74) is 1.28. The summed E-state index contributed by atoms with van der Waals surface area (Å²) in [5.74, 6) is 0.434. The number of nitrogens with zero attached hydrogens (tertiary/aromatic N) is 3. The fourth-order valence-corrected chi connectivity index (χ4v) is 1.82. The van der Waals surface area contributed by atoms with Crippen molar-refractivity contribution in [1.29, 1.82) is 0 Å². The largest absolute Gasteiger partial charge is 0.363 e. The van der Waals surface area contributed by atoms with Crippen LogP contribution in [0.15, 0.2) is 36.5 Å². The second-order valence-electron chi connectivity index (χ2n) is 4.43. The lowest BCUT2D eigenvalue weighted by molar-refractivity contribution is 0.0950. The summed E-state index contributed by atoms with van der Waals surface area (Å²) < 4.78 is 0. The summed E-state index contributed by atoms with van der Waals surface area (Å²) in [4.78, 5) is 22.2. The van der Waals surface area contributed by atoms with Crippen molar-refractivity contribution >= 4 is 23.3 Å². The smallest absolute Gasteiger partial charge is 0.251 e. The Kier molecular flexibility index (Phi) is 4.53. The molecule has 0 aliphatic rings. The molecule has 0 aliphatic carbocycles. The minimum absolute atomic E-state index is 0.206. The number of halogens is 1. The number of carbonyl (C=O) groups is 1. The maximum atomic E-state index is 12.1. The third-order valence-electron chi connectivity index (χ3n) is 2.66. The highest BCUT2D eigenvalue weighted by molar-refractivity contribution is 6.29. The zero-order valence-corrected chi connectivity index (χ0v) is 12.1. The van der Waals surface area contributed by atoms with E-state index in [4.69, 9.17) is 11.6 Å². The molecule has 6 heteroatoms. The maximum Gasteiger partial charge on any atom is 0.251 e. The lowest BCUT2D eigenvalue weighted by atomic mass is 10.2. The van der Waals surface area contributed by atoms with Crippen LogP contribution in [0.3, 0.4) is 0 Å². The number of hydrogen-bond donors (Lipinski definition) is 1. The van der Waals surface area contributed by atoms with E-state index in [-0.39, 0.29) is 5.91 Å². The summed E-state index contributed by atoms with van der Waals surface area (Å²) in [6, 6.07) is 8.80. The lowest BCUT2D eigenvalue weighted by Crippen LogP contribution is -2.24. The Morgan fingerprint density at radius 1 is 1.35 bits per heavy atom. The van der Waals surface area contributed by atoms with E-state index in [1.165, 1.54) is 0 Å². The van der Waals surface area contributed by atoms with E-state index in [2.05, 4.69) is 15.3 Å². The Bertz CT molecular complexity index is 601. The molecule has 5 nitrogen and oxygen atoms in total. The molecule has 2 aromatic rings. The summed E-state index contributed by atoms with van der Waals surface area (Å²) in [6.45, 7) is 0.372. The molecule has 1 N–H and O–H groups in total. The predicted octanol–water partition coefficient (Wildman–Crippen LogP) is 2.13. The molecule has 20 heavy (non-hydrogen) atoms. The fraction of sp³-hybridized carbons (Fsp3) is 0.214. The van der Waals surface area contributed by atoms with Gasteiger partial charge in [-0.3, -0.25) is 9.78 Å². The maximum absolute atomic E-state index is 12.1. The van der Waals surface area contributed by atoms with Crippen LogP contribution in [-0.4, -0.2) is 30.0 Å². The van der Waals surface area contributed by atoms with Gasteiger partial charge in [-0.2, -0.15) is 0 Å². The number of amides is 1. The topological polar surface area (TPSA) is 58.1 Å². The van der Waals surface area contributed by atoms with Gasteiger partial charge in [0.1, 0.15) is 11.0 Å². The van der Waals surface area contributed by atoms with E-state index >= 15 is 0 Å².